The summed E-state index contributed by atoms with van der Waals surface area (Å²) in [6, 6.07) is 18.8. The summed E-state index contributed by atoms with van der Waals surface area (Å²) < 4.78 is 0. The van der Waals surface area contributed by atoms with Crippen molar-refractivity contribution in [3.63, 3.8) is 0 Å². The van der Waals surface area contributed by atoms with Crippen molar-refractivity contribution in [2.45, 2.75) is 6.54 Å². The van der Waals surface area contributed by atoms with E-state index in [0.717, 1.165) is 11.1 Å². The van der Waals surface area contributed by atoms with Gasteiger partial charge in [-0.1, -0.05) is 24.3 Å². The third kappa shape index (κ3) is 3.95. The highest BCUT2D eigenvalue weighted by atomic mass is 16.3. The van der Waals surface area contributed by atoms with Crippen molar-refractivity contribution in [3.05, 3.63) is 87.7 Å². The Morgan fingerprint density at radius 2 is 1.65 bits per heavy atom. The first-order valence-electron chi connectivity index (χ1n) is 9.36. The number of hydrogen-bond acceptors (Lipinski definition) is 6. The summed E-state index contributed by atoms with van der Waals surface area (Å²) in [6.07, 6.45) is 1.46. The Hall–Kier alpha value is -4.57. The lowest BCUT2D eigenvalue weighted by atomic mass is 9.99. The van der Waals surface area contributed by atoms with Crippen molar-refractivity contribution < 1.29 is 15.3 Å². The first-order valence-corrected chi connectivity index (χ1v) is 9.36. The topological polar surface area (TPSA) is 130 Å². The molecule has 1 heterocycles. The largest absolute Gasteiger partial charge is 0.504 e. The van der Waals surface area contributed by atoms with E-state index in [1.165, 1.54) is 18.3 Å². The molecule has 1 aromatic heterocycles. The number of nitrogens with one attached hydrogen (secondary N) is 1. The van der Waals surface area contributed by atoms with Crippen molar-refractivity contribution in [3.8, 4) is 34.6 Å². The van der Waals surface area contributed by atoms with E-state index in [9.17, 15) is 20.1 Å². The third-order valence-corrected chi connectivity index (χ3v) is 4.92. The molecule has 4 N–H and O–H groups in total. The molecule has 0 unspecified atom stereocenters. The number of aromatic nitrogens is 1. The van der Waals surface area contributed by atoms with E-state index in [0.29, 0.717) is 27.5 Å². The number of phenolic OH excluding ortho intramolecular Hbond substituents is 2. The van der Waals surface area contributed by atoms with Crippen LogP contribution in [0, 0.1) is 11.3 Å². The molecule has 7 nitrogen and oxygen atoms in total. The zero-order valence-corrected chi connectivity index (χ0v) is 16.2. The summed E-state index contributed by atoms with van der Waals surface area (Å²) >= 11 is 0. The molecule has 4 rings (SSSR count). The second-order valence-electron chi connectivity index (χ2n) is 6.96. The number of pyridine rings is 1. The Bertz CT molecular complexity index is 1410. The summed E-state index contributed by atoms with van der Waals surface area (Å²) in [4.78, 5) is 19.0. The quantitative estimate of drug-likeness (QED) is 0.300. The molecule has 0 saturated heterocycles. The zero-order chi connectivity index (χ0) is 22.0. The van der Waals surface area contributed by atoms with Gasteiger partial charge in [0.25, 0.3) is 5.56 Å². The molecule has 0 amide bonds. The highest BCUT2D eigenvalue weighted by molar-refractivity contribution is 6.02. The van der Waals surface area contributed by atoms with Crippen molar-refractivity contribution in [2.75, 3.05) is 0 Å². The van der Waals surface area contributed by atoms with Crippen LogP contribution in [0.15, 0.2) is 70.5 Å². The maximum Gasteiger partial charge on any atom is 0.258 e. The Labute approximate surface area is 176 Å². The molecule has 0 fully saturated rings. The van der Waals surface area contributed by atoms with Crippen LogP contribution in [0.4, 0.5) is 0 Å². The van der Waals surface area contributed by atoms with Crippen LogP contribution in [0.5, 0.6) is 17.4 Å². The Morgan fingerprint density at radius 1 is 0.903 bits per heavy atom. The Morgan fingerprint density at radius 3 is 2.35 bits per heavy atom. The average Bonchev–Trinajstić information content (AvgIpc) is 2.78. The molecule has 0 spiro atoms. The van der Waals surface area contributed by atoms with Crippen LogP contribution in [0.3, 0.4) is 0 Å². The van der Waals surface area contributed by atoms with E-state index in [2.05, 4.69) is 16.0 Å². The fourth-order valence-electron chi connectivity index (χ4n) is 3.29. The summed E-state index contributed by atoms with van der Waals surface area (Å²) in [6.45, 7) is 0.198. The first kappa shape index (κ1) is 19.7. The Balaban J connectivity index is 1.75. The monoisotopic (exact) mass is 411 g/mol. The van der Waals surface area contributed by atoms with Gasteiger partial charge < -0.3 is 15.3 Å². The van der Waals surface area contributed by atoms with Crippen LogP contribution in [-0.4, -0.2) is 26.5 Å². The van der Waals surface area contributed by atoms with Crippen LogP contribution in [-0.2, 0) is 6.54 Å². The molecule has 0 aliphatic carbocycles. The number of nitrogens with zero attached hydrogens (tertiary/aromatic N) is 2. The van der Waals surface area contributed by atoms with Crippen LogP contribution in [0.1, 0.15) is 16.7 Å². The number of aliphatic imine (C=N–C) groups is 1. The minimum Gasteiger partial charge on any atom is -0.504 e. The molecule has 0 aliphatic heterocycles. The molecule has 7 heteroatoms. The predicted octanol–water partition coefficient (Wildman–Crippen LogP) is 3.80. The zero-order valence-electron chi connectivity index (χ0n) is 16.2. The van der Waals surface area contributed by atoms with Gasteiger partial charge >= 0.3 is 0 Å². The van der Waals surface area contributed by atoms with E-state index in [4.69, 9.17) is 5.26 Å². The molecule has 4 aromatic rings. The SMILES string of the molecule is N#Cc1ccc(-c2ccc3c(=O)[nH]c(O)c(C=NCc4ccc(O)c(O)c4)c3c2)cc1. The number of nitriles is 1. The van der Waals surface area contributed by atoms with E-state index >= 15 is 0 Å². The predicted molar refractivity (Wildman–Crippen MR) is 117 cm³/mol. The summed E-state index contributed by atoms with van der Waals surface area (Å²) in [7, 11) is 0. The molecule has 0 aliphatic rings. The number of rotatable bonds is 4. The second kappa shape index (κ2) is 8.05. The normalized spacial score (nSPS) is 11.1. The fourth-order valence-corrected chi connectivity index (χ4v) is 3.29. The van der Waals surface area contributed by atoms with Gasteiger partial charge in [-0.2, -0.15) is 5.26 Å². The molecular formula is C24H17N3O4. The average molecular weight is 411 g/mol. The molecule has 0 bridgehead atoms. The highest BCUT2D eigenvalue weighted by Crippen LogP contribution is 2.28. The first-order chi connectivity index (χ1) is 15.0. The number of phenols is 2. The van der Waals surface area contributed by atoms with E-state index in [-0.39, 0.29) is 23.9 Å². The molecule has 3 aromatic carbocycles. The van der Waals surface area contributed by atoms with Crippen molar-refractivity contribution in [2.24, 2.45) is 4.99 Å². The van der Waals surface area contributed by atoms with Gasteiger partial charge in [-0.25, -0.2) is 0 Å². The number of H-pyrrole nitrogens is 1. The van der Waals surface area contributed by atoms with Gasteiger partial charge in [0.05, 0.1) is 23.7 Å². The number of benzene rings is 3. The van der Waals surface area contributed by atoms with Gasteiger partial charge in [-0.15, -0.1) is 0 Å². The van der Waals surface area contributed by atoms with Crippen molar-refractivity contribution in [1.29, 1.82) is 5.26 Å². The van der Waals surface area contributed by atoms with Crippen molar-refractivity contribution >= 4 is 17.0 Å². The van der Waals surface area contributed by atoms with Crippen LogP contribution >= 0.6 is 0 Å². The third-order valence-electron chi connectivity index (χ3n) is 4.92. The van der Waals surface area contributed by atoms with Gasteiger partial charge in [0.1, 0.15) is 0 Å². The summed E-state index contributed by atoms with van der Waals surface area (Å²) in [5.41, 5.74) is 2.83. The second-order valence-corrected chi connectivity index (χ2v) is 6.96. The molecular weight excluding hydrogens is 394 g/mol. The van der Waals surface area contributed by atoms with E-state index in [1.54, 1.807) is 36.4 Å². The van der Waals surface area contributed by atoms with Gasteiger partial charge in [0.15, 0.2) is 11.5 Å². The van der Waals surface area contributed by atoms with E-state index in [1.807, 2.05) is 12.1 Å². The molecule has 0 saturated carbocycles. The highest BCUT2D eigenvalue weighted by Gasteiger charge is 2.11. The van der Waals surface area contributed by atoms with Gasteiger partial charge in [0, 0.05) is 17.0 Å². The maximum atomic E-state index is 12.3. The van der Waals surface area contributed by atoms with Crippen LogP contribution < -0.4 is 5.56 Å². The van der Waals surface area contributed by atoms with Crippen molar-refractivity contribution in [1.82, 2.24) is 4.98 Å². The molecule has 152 valence electrons. The minimum atomic E-state index is -0.417. The van der Waals surface area contributed by atoms with E-state index < -0.39 is 5.56 Å². The lowest BCUT2D eigenvalue weighted by molar-refractivity contribution is 0.403. The molecule has 31 heavy (non-hydrogen) atoms. The number of fused-ring (bicyclic) bond motifs is 1. The number of aromatic hydroxyl groups is 3. The summed E-state index contributed by atoms with van der Waals surface area (Å²) in [5.74, 6) is -0.754. The molecule has 0 radical (unpaired) electrons. The smallest absolute Gasteiger partial charge is 0.258 e. The van der Waals surface area contributed by atoms with Gasteiger partial charge in [-0.05, 0) is 53.1 Å². The minimum absolute atomic E-state index is 0.198. The standard InChI is InChI=1S/C24H17N3O4/c25-11-14-1-4-16(5-2-14)17-6-7-18-19(10-17)20(24(31)27-23(18)30)13-26-12-15-3-8-21(28)22(29)9-15/h1-10,13,28-29H,12H2,(H2,27,30,31). The lowest BCUT2D eigenvalue weighted by Crippen LogP contribution is -2.08. The number of hydrogen-bond donors (Lipinski definition) is 4. The Kier molecular flexibility index (Phi) is 5.12. The van der Waals surface area contributed by atoms with Crippen LogP contribution in [0.2, 0.25) is 0 Å². The molecule has 0 atom stereocenters. The van der Waals surface area contributed by atoms with Crippen LogP contribution in [0.25, 0.3) is 21.9 Å². The van der Waals surface area contributed by atoms with Gasteiger partial charge in [-0.3, -0.25) is 14.8 Å². The lowest BCUT2D eigenvalue weighted by Gasteiger charge is -2.08. The number of aromatic amines is 1. The summed E-state index contributed by atoms with van der Waals surface area (Å²) in [5, 5.41) is 39.3. The van der Waals surface area contributed by atoms with Gasteiger partial charge in [0.2, 0.25) is 5.88 Å². The maximum absolute atomic E-state index is 12.3. The fraction of sp³-hybridized carbons (Fsp3) is 0.0417.